The Morgan fingerprint density at radius 3 is 2.81 bits per heavy atom. The largest absolute Gasteiger partial charge is 0.370 e. The number of halogens is 1. The summed E-state index contributed by atoms with van der Waals surface area (Å²) in [5.41, 5.74) is 5.33. The number of H-pyrrole nitrogens is 2. The van der Waals surface area contributed by atoms with Gasteiger partial charge in [0.25, 0.3) is 5.56 Å². The summed E-state index contributed by atoms with van der Waals surface area (Å²) in [5.74, 6) is 0.442. The Hall–Kier alpha value is -1.32. The van der Waals surface area contributed by atoms with Crippen LogP contribution in [0, 0.1) is 3.57 Å². The van der Waals surface area contributed by atoms with Gasteiger partial charge >= 0.3 is 5.69 Å². The van der Waals surface area contributed by atoms with Crippen molar-refractivity contribution in [1.82, 2.24) is 14.9 Å². The molecule has 1 aromatic rings. The lowest BCUT2D eigenvalue weighted by Gasteiger charge is -2.17. The zero-order chi connectivity index (χ0) is 11.7. The lowest BCUT2D eigenvalue weighted by atomic mass is 10.3. The second kappa shape index (κ2) is 4.28. The smallest absolute Gasteiger partial charge is 0.326 e. The molecule has 2 rings (SSSR count). The predicted molar refractivity (Wildman–Crippen MR) is 67.3 cm³/mol. The number of rotatable bonds is 2. The van der Waals surface area contributed by atoms with E-state index in [1.54, 1.807) is 0 Å². The van der Waals surface area contributed by atoms with E-state index in [0.717, 1.165) is 0 Å². The number of nitrogens with one attached hydrogen (secondary N) is 2. The highest BCUT2D eigenvalue weighted by molar-refractivity contribution is 14.1. The summed E-state index contributed by atoms with van der Waals surface area (Å²) in [4.78, 5) is 33.1. The molecule has 1 aliphatic heterocycles. The molecular formula is C8H10IN5O2. The van der Waals surface area contributed by atoms with Gasteiger partial charge in [-0.15, -0.1) is 0 Å². The van der Waals surface area contributed by atoms with Crippen LogP contribution in [0.25, 0.3) is 0 Å². The molecular weight excluding hydrogens is 321 g/mol. The van der Waals surface area contributed by atoms with Crippen molar-refractivity contribution in [3.05, 3.63) is 30.1 Å². The summed E-state index contributed by atoms with van der Waals surface area (Å²) in [6.45, 7) is 1.75. The molecule has 16 heavy (non-hydrogen) atoms. The zero-order valence-corrected chi connectivity index (χ0v) is 10.4. The van der Waals surface area contributed by atoms with Gasteiger partial charge in [-0.1, -0.05) is 0 Å². The summed E-state index contributed by atoms with van der Waals surface area (Å²) in [5, 5.41) is 0. The number of aliphatic imine (C=N–C) groups is 1. The molecule has 0 radical (unpaired) electrons. The summed E-state index contributed by atoms with van der Waals surface area (Å²) in [6, 6.07) is 0. The number of hydrogen-bond donors (Lipinski definition) is 3. The molecule has 4 N–H and O–H groups in total. The first-order valence-electron chi connectivity index (χ1n) is 4.64. The van der Waals surface area contributed by atoms with Crippen LogP contribution in [0.4, 0.5) is 0 Å². The van der Waals surface area contributed by atoms with Gasteiger partial charge in [-0.2, -0.15) is 0 Å². The lowest BCUT2D eigenvalue weighted by molar-refractivity contribution is 0.439. The Morgan fingerprint density at radius 2 is 2.19 bits per heavy atom. The van der Waals surface area contributed by atoms with E-state index in [4.69, 9.17) is 5.73 Å². The van der Waals surface area contributed by atoms with Gasteiger partial charge in [0.05, 0.1) is 22.4 Å². The number of nitrogens with two attached hydrogens (primary N) is 1. The van der Waals surface area contributed by atoms with Crippen molar-refractivity contribution in [2.75, 3.05) is 13.1 Å². The number of aromatic amines is 2. The van der Waals surface area contributed by atoms with E-state index in [2.05, 4.69) is 15.0 Å². The lowest BCUT2D eigenvalue weighted by Crippen LogP contribution is -2.36. The van der Waals surface area contributed by atoms with E-state index in [1.165, 1.54) is 0 Å². The van der Waals surface area contributed by atoms with E-state index in [0.29, 0.717) is 34.9 Å². The standard InChI is InChI=1S/C8H10IN5O2/c9-5-4(12-8(16)13-6(5)15)3-14-2-1-11-7(14)10/h1-3H2,(H2,10,11)(H2,12,13,15,16)/i9-4. The molecule has 1 aliphatic rings. The van der Waals surface area contributed by atoms with Crippen molar-refractivity contribution < 1.29 is 0 Å². The topological polar surface area (TPSA) is 107 Å². The summed E-state index contributed by atoms with van der Waals surface area (Å²) in [7, 11) is 0. The molecule has 0 saturated heterocycles. The molecule has 0 aromatic carbocycles. The molecule has 0 saturated carbocycles. The Labute approximate surface area is 104 Å². The molecule has 1 aromatic heterocycles. The molecule has 86 valence electrons. The highest BCUT2D eigenvalue weighted by Gasteiger charge is 2.16. The summed E-state index contributed by atoms with van der Waals surface area (Å²) >= 11 is 1.89. The normalized spacial score (nSPS) is 15.3. The average molecular weight is 331 g/mol. The quantitative estimate of drug-likeness (QED) is 0.592. The third-order valence-electron chi connectivity index (χ3n) is 2.27. The first-order valence-corrected chi connectivity index (χ1v) is 5.71. The number of guanidine groups is 1. The molecule has 0 amide bonds. The minimum Gasteiger partial charge on any atom is -0.370 e. The van der Waals surface area contributed by atoms with Crippen LogP contribution < -0.4 is 17.0 Å². The van der Waals surface area contributed by atoms with Crippen LogP contribution in [0.15, 0.2) is 14.6 Å². The number of nitrogens with zero attached hydrogens (tertiary/aromatic N) is 2. The maximum Gasteiger partial charge on any atom is 0.326 e. The number of hydrogen-bond acceptors (Lipinski definition) is 5. The van der Waals surface area contributed by atoms with Gasteiger partial charge in [-0.25, -0.2) is 4.79 Å². The van der Waals surface area contributed by atoms with Gasteiger partial charge in [0, 0.05) is 6.54 Å². The van der Waals surface area contributed by atoms with Gasteiger partial charge in [0.2, 0.25) is 0 Å². The van der Waals surface area contributed by atoms with Crippen LogP contribution in [0.1, 0.15) is 5.69 Å². The second-order valence-corrected chi connectivity index (χ2v) is 4.44. The molecule has 0 atom stereocenters. The van der Waals surface area contributed by atoms with Crippen molar-refractivity contribution in [3.63, 3.8) is 0 Å². The fraction of sp³-hybridized carbons (Fsp3) is 0.375. The maximum atomic E-state index is 11.4. The maximum absolute atomic E-state index is 11.4. The molecule has 7 nitrogen and oxygen atoms in total. The summed E-state index contributed by atoms with van der Waals surface area (Å²) in [6.07, 6.45) is 0. The van der Waals surface area contributed by atoms with Crippen LogP contribution in [0.3, 0.4) is 0 Å². The summed E-state index contributed by atoms with van der Waals surface area (Å²) < 4.78 is 0.469. The highest BCUT2D eigenvalue weighted by atomic mass is 123. The van der Waals surface area contributed by atoms with Gasteiger partial charge in [0.1, 0.15) is 0 Å². The molecule has 8 heteroatoms. The molecule has 0 bridgehead atoms. The van der Waals surface area contributed by atoms with E-state index in [-0.39, 0.29) is 5.56 Å². The fourth-order valence-corrected chi connectivity index (χ4v) is 1.92. The molecule has 0 fully saturated rings. The van der Waals surface area contributed by atoms with Crippen LogP contribution in [0.5, 0.6) is 0 Å². The van der Waals surface area contributed by atoms with E-state index in [1.807, 2.05) is 27.5 Å². The highest BCUT2D eigenvalue weighted by Crippen LogP contribution is 2.08. The van der Waals surface area contributed by atoms with Crippen molar-refractivity contribution in [1.29, 1.82) is 0 Å². The Kier molecular flexibility index (Phi) is 2.99. The van der Waals surface area contributed by atoms with Gasteiger partial charge in [0.15, 0.2) is 5.96 Å². The Bertz CT molecular complexity index is 546. The first-order chi connectivity index (χ1) is 7.58. The molecule has 0 aliphatic carbocycles. The fourth-order valence-electron chi connectivity index (χ4n) is 1.48. The van der Waals surface area contributed by atoms with Crippen LogP contribution in [-0.4, -0.2) is 33.9 Å². The average Bonchev–Trinajstić information content (AvgIpc) is 2.60. The van der Waals surface area contributed by atoms with Gasteiger partial charge in [-0.3, -0.25) is 14.8 Å². The van der Waals surface area contributed by atoms with Crippen molar-refractivity contribution in [2.24, 2.45) is 10.7 Å². The van der Waals surface area contributed by atoms with E-state index < -0.39 is 5.69 Å². The predicted octanol–water partition coefficient (Wildman–Crippen LogP) is -1.20. The Morgan fingerprint density at radius 1 is 1.44 bits per heavy atom. The Balaban J connectivity index is 2.31. The van der Waals surface area contributed by atoms with Gasteiger partial charge < -0.3 is 15.6 Å². The number of aromatic nitrogens is 2. The third kappa shape index (κ3) is 2.10. The van der Waals surface area contributed by atoms with Crippen molar-refractivity contribution in [3.8, 4) is 0 Å². The molecule has 0 unspecified atom stereocenters. The molecule has 2 heterocycles. The molecule has 0 spiro atoms. The van der Waals surface area contributed by atoms with Crippen LogP contribution in [-0.2, 0) is 6.54 Å². The monoisotopic (exact) mass is 331 g/mol. The SMILES string of the molecule is NC1=NCCN1Cc1[nH]c(=O)[nH]c(=O)c1[123I]. The van der Waals surface area contributed by atoms with Crippen molar-refractivity contribution >= 4 is 28.6 Å². The van der Waals surface area contributed by atoms with Crippen LogP contribution >= 0.6 is 22.6 Å². The van der Waals surface area contributed by atoms with Crippen molar-refractivity contribution in [2.45, 2.75) is 6.54 Å². The minimum atomic E-state index is -0.505. The van der Waals surface area contributed by atoms with E-state index >= 15 is 0 Å². The van der Waals surface area contributed by atoms with E-state index in [9.17, 15) is 9.59 Å². The third-order valence-corrected chi connectivity index (χ3v) is 3.41. The van der Waals surface area contributed by atoms with Crippen LogP contribution in [0.2, 0.25) is 0 Å². The first kappa shape index (κ1) is 11.2. The second-order valence-electron chi connectivity index (χ2n) is 3.36. The van der Waals surface area contributed by atoms with Gasteiger partial charge in [-0.05, 0) is 22.6 Å². The minimum absolute atomic E-state index is 0.381. The zero-order valence-electron chi connectivity index (χ0n) is 8.29.